The molecule has 0 aromatic heterocycles. The molecule has 0 amide bonds. The fraction of sp³-hybridized carbons (Fsp3) is 0.750. The Kier molecular flexibility index (Phi) is 2.78. The number of carbonyl (C=O) groups excluding carboxylic acids is 2. The lowest BCUT2D eigenvalue weighted by Crippen LogP contribution is -2.30. The topological polar surface area (TPSA) is 43.4 Å². The average Bonchev–Trinajstić information content (AvgIpc) is 2.08. The lowest BCUT2D eigenvalue weighted by atomic mass is 9.87. The molecular formula is C8H11FO3. The van der Waals surface area contributed by atoms with Crippen LogP contribution in [-0.4, -0.2) is 25.0 Å². The average molecular weight is 174 g/mol. The molecule has 0 aromatic rings. The Bertz CT molecular complexity index is 202. The number of Topliss-reactive ketones (excluding diaryl/α,β-unsaturated/α-hetero) is 1. The Labute approximate surface area is 69.9 Å². The summed E-state index contributed by atoms with van der Waals surface area (Å²) in [6, 6.07) is 0. The number of halogens is 1. The molecule has 3 nitrogen and oxygen atoms in total. The van der Waals surface area contributed by atoms with Gasteiger partial charge in [0.2, 0.25) is 0 Å². The van der Waals surface area contributed by atoms with Crippen molar-refractivity contribution in [1.29, 1.82) is 0 Å². The van der Waals surface area contributed by atoms with E-state index in [-0.39, 0.29) is 12.8 Å². The predicted octanol–water partition coefficient (Wildman–Crippen LogP) is 0.867. The van der Waals surface area contributed by atoms with Crippen LogP contribution in [0.25, 0.3) is 0 Å². The van der Waals surface area contributed by atoms with E-state index < -0.39 is 23.8 Å². The van der Waals surface area contributed by atoms with Gasteiger partial charge in [0.25, 0.3) is 0 Å². The molecular weight excluding hydrogens is 163 g/mol. The predicted molar refractivity (Wildman–Crippen MR) is 39.3 cm³/mol. The van der Waals surface area contributed by atoms with Gasteiger partial charge in [0.1, 0.15) is 0 Å². The van der Waals surface area contributed by atoms with Crippen molar-refractivity contribution in [3.63, 3.8) is 0 Å². The van der Waals surface area contributed by atoms with E-state index in [2.05, 4.69) is 4.74 Å². The van der Waals surface area contributed by atoms with Gasteiger partial charge >= 0.3 is 5.97 Å². The maximum atomic E-state index is 12.8. The summed E-state index contributed by atoms with van der Waals surface area (Å²) in [5.41, 5.74) is 0. The van der Waals surface area contributed by atoms with E-state index in [0.717, 1.165) is 0 Å². The fourth-order valence-electron chi connectivity index (χ4n) is 1.35. The van der Waals surface area contributed by atoms with Crippen molar-refractivity contribution in [3.8, 4) is 0 Å². The number of methoxy groups -OCH3 is 1. The molecule has 1 fully saturated rings. The minimum absolute atomic E-state index is 0.00843. The van der Waals surface area contributed by atoms with Gasteiger partial charge in [-0.25, -0.2) is 4.39 Å². The highest BCUT2D eigenvalue weighted by molar-refractivity contribution is 5.86. The maximum Gasteiger partial charge on any atom is 0.308 e. The highest BCUT2D eigenvalue weighted by Crippen LogP contribution is 2.24. The molecule has 0 radical (unpaired) electrons. The van der Waals surface area contributed by atoms with E-state index in [1.54, 1.807) is 0 Å². The lowest BCUT2D eigenvalue weighted by Gasteiger charge is -2.20. The number of hydrogen-bond acceptors (Lipinski definition) is 3. The third kappa shape index (κ3) is 1.81. The van der Waals surface area contributed by atoms with Crippen molar-refractivity contribution in [2.75, 3.05) is 7.11 Å². The standard InChI is InChI=1S/C8H11FO3/c1-12-8(11)5-2-3-7(10)6(9)4-5/h5-6H,2-4H2,1H3. The van der Waals surface area contributed by atoms with Crippen molar-refractivity contribution in [3.05, 3.63) is 0 Å². The smallest absolute Gasteiger partial charge is 0.308 e. The van der Waals surface area contributed by atoms with Crippen LogP contribution in [-0.2, 0) is 14.3 Å². The van der Waals surface area contributed by atoms with Crippen molar-refractivity contribution in [1.82, 2.24) is 0 Å². The van der Waals surface area contributed by atoms with Gasteiger partial charge in [-0.3, -0.25) is 9.59 Å². The summed E-state index contributed by atoms with van der Waals surface area (Å²) >= 11 is 0. The van der Waals surface area contributed by atoms with Gasteiger partial charge in [0.15, 0.2) is 12.0 Å². The van der Waals surface area contributed by atoms with Crippen LogP contribution in [0.3, 0.4) is 0 Å². The summed E-state index contributed by atoms with van der Waals surface area (Å²) in [6.07, 6.45) is -0.902. The van der Waals surface area contributed by atoms with Crippen molar-refractivity contribution < 1.29 is 18.7 Å². The zero-order valence-electron chi connectivity index (χ0n) is 6.88. The zero-order chi connectivity index (χ0) is 9.14. The molecule has 1 aliphatic rings. The Hall–Kier alpha value is -0.930. The number of alkyl halides is 1. The molecule has 1 aliphatic carbocycles. The van der Waals surface area contributed by atoms with Gasteiger partial charge in [-0.2, -0.15) is 0 Å². The van der Waals surface area contributed by atoms with Crippen LogP contribution >= 0.6 is 0 Å². The minimum Gasteiger partial charge on any atom is -0.469 e. The maximum absolute atomic E-state index is 12.8. The summed E-state index contributed by atoms with van der Waals surface area (Å²) in [7, 11) is 1.27. The van der Waals surface area contributed by atoms with E-state index >= 15 is 0 Å². The molecule has 68 valence electrons. The van der Waals surface area contributed by atoms with E-state index in [1.165, 1.54) is 7.11 Å². The van der Waals surface area contributed by atoms with Crippen molar-refractivity contribution in [2.24, 2.45) is 5.92 Å². The van der Waals surface area contributed by atoms with Gasteiger partial charge in [-0.1, -0.05) is 0 Å². The summed E-state index contributed by atoms with van der Waals surface area (Å²) in [5.74, 6) is -1.23. The third-order valence-electron chi connectivity index (χ3n) is 2.11. The number of carbonyl (C=O) groups is 2. The molecule has 12 heavy (non-hydrogen) atoms. The number of esters is 1. The van der Waals surface area contributed by atoms with Gasteiger partial charge in [-0.05, 0) is 12.8 Å². The summed E-state index contributed by atoms with van der Waals surface area (Å²) in [5, 5.41) is 0. The Morgan fingerprint density at radius 1 is 1.67 bits per heavy atom. The van der Waals surface area contributed by atoms with Gasteiger partial charge in [0.05, 0.1) is 13.0 Å². The van der Waals surface area contributed by atoms with E-state index in [9.17, 15) is 14.0 Å². The Morgan fingerprint density at radius 3 is 2.83 bits per heavy atom. The summed E-state index contributed by atoms with van der Waals surface area (Å²) < 4.78 is 17.2. The van der Waals surface area contributed by atoms with Gasteiger partial charge in [-0.15, -0.1) is 0 Å². The minimum atomic E-state index is -1.47. The molecule has 0 spiro atoms. The monoisotopic (exact) mass is 174 g/mol. The molecule has 2 atom stereocenters. The summed E-state index contributed by atoms with van der Waals surface area (Å²) in [4.78, 5) is 21.6. The summed E-state index contributed by atoms with van der Waals surface area (Å²) in [6.45, 7) is 0. The highest BCUT2D eigenvalue weighted by Gasteiger charge is 2.32. The third-order valence-corrected chi connectivity index (χ3v) is 2.11. The molecule has 0 aliphatic heterocycles. The van der Waals surface area contributed by atoms with Crippen LogP contribution in [0.4, 0.5) is 4.39 Å². The van der Waals surface area contributed by atoms with E-state index in [0.29, 0.717) is 6.42 Å². The molecule has 4 heteroatoms. The fourth-order valence-corrected chi connectivity index (χ4v) is 1.35. The van der Waals surface area contributed by atoms with Gasteiger partial charge in [0, 0.05) is 6.42 Å². The van der Waals surface area contributed by atoms with Crippen LogP contribution in [0.2, 0.25) is 0 Å². The second-order valence-electron chi connectivity index (χ2n) is 2.93. The number of ketones is 1. The van der Waals surface area contributed by atoms with Crippen LogP contribution < -0.4 is 0 Å². The first-order valence-electron chi connectivity index (χ1n) is 3.89. The first-order valence-corrected chi connectivity index (χ1v) is 3.89. The normalized spacial score (nSPS) is 30.0. The van der Waals surface area contributed by atoms with E-state index in [4.69, 9.17) is 0 Å². The first kappa shape index (κ1) is 9.16. The van der Waals surface area contributed by atoms with Gasteiger partial charge < -0.3 is 4.74 Å². The second-order valence-corrected chi connectivity index (χ2v) is 2.93. The van der Waals surface area contributed by atoms with Crippen LogP contribution in [0.1, 0.15) is 19.3 Å². The molecule has 0 heterocycles. The molecule has 0 bridgehead atoms. The lowest BCUT2D eigenvalue weighted by molar-refractivity contribution is -0.148. The highest BCUT2D eigenvalue weighted by atomic mass is 19.1. The number of hydrogen-bond donors (Lipinski definition) is 0. The molecule has 1 rings (SSSR count). The molecule has 0 aromatic carbocycles. The quantitative estimate of drug-likeness (QED) is 0.554. The SMILES string of the molecule is COC(=O)C1CCC(=O)C(F)C1. The molecule has 0 N–H and O–H groups in total. The Morgan fingerprint density at radius 2 is 2.33 bits per heavy atom. The second kappa shape index (κ2) is 3.65. The molecule has 2 unspecified atom stereocenters. The van der Waals surface area contributed by atoms with Crippen LogP contribution in [0.5, 0.6) is 0 Å². The number of rotatable bonds is 1. The van der Waals surface area contributed by atoms with Crippen LogP contribution in [0.15, 0.2) is 0 Å². The number of ether oxygens (including phenoxy) is 1. The Balaban J connectivity index is 2.50. The van der Waals surface area contributed by atoms with Crippen LogP contribution in [0, 0.1) is 5.92 Å². The zero-order valence-corrected chi connectivity index (χ0v) is 6.88. The van der Waals surface area contributed by atoms with E-state index in [1.807, 2.05) is 0 Å². The molecule has 1 saturated carbocycles. The first-order chi connectivity index (χ1) is 5.65. The molecule has 0 saturated heterocycles. The van der Waals surface area contributed by atoms with Crippen molar-refractivity contribution in [2.45, 2.75) is 25.4 Å². The largest absolute Gasteiger partial charge is 0.469 e. The van der Waals surface area contributed by atoms with Crippen molar-refractivity contribution >= 4 is 11.8 Å².